The normalized spacial score (nSPS) is 14.4. The first-order chi connectivity index (χ1) is 31.1. The maximum atomic E-state index is 14.8. The number of rotatable bonds is 9. The first-order valence-electron chi connectivity index (χ1n) is 20.9. The van der Waals surface area contributed by atoms with Crippen molar-refractivity contribution in [2.24, 2.45) is 0 Å². The van der Waals surface area contributed by atoms with Gasteiger partial charge in [0.1, 0.15) is 5.57 Å². The van der Waals surface area contributed by atoms with Crippen LogP contribution in [0.15, 0.2) is 205 Å². The van der Waals surface area contributed by atoms with Gasteiger partial charge in [0.25, 0.3) is 0 Å². The lowest BCUT2D eigenvalue weighted by atomic mass is 9.86. The highest BCUT2D eigenvalue weighted by atomic mass is 32.1. The highest BCUT2D eigenvalue weighted by molar-refractivity contribution is 7.25. The third kappa shape index (κ3) is 5.85. The lowest BCUT2D eigenvalue weighted by molar-refractivity contribution is -0.719. The Morgan fingerprint density at radius 3 is 1.56 bits per heavy atom. The van der Waals surface area contributed by atoms with Gasteiger partial charge >= 0.3 is 12.0 Å². The number of hydrogen-bond acceptors (Lipinski definition) is 5. The van der Waals surface area contributed by atoms with Crippen molar-refractivity contribution in [3.63, 3.8) is 0 Å². The SMILES string of the molecule is COC(=O)C1=C(c2ccccc2)C2=C(c3ccc4sc5ccccc5c4c3)c3c(-c4ccccc4)c(-c4ccccc4)c(-c4ccccc4)n3C(OC)(OC)[N+]2=C1c1ccccc1. The molecule has 0 radical (unpaired) electrons. The maximum Gasteiger partial charge on any atom is 0.492 e. The van der Waals surface area contributed by atoms with E-state index in [1.165, 1.54) is 21.9 Å². The zero-order valence-electron chi connectivity index (χ0n) is 34.9. The highest BCUT2D eigenvalue weighted by Crippen LogP contribution is 2.58. The standard InChI is InChI=1S/C56H41N2O4S/c1-60-55(59)50-48(38-25-13-6-14-26-38)54-49(41-33-34-45-43(35-41)42-31-19-20-32-44(42)63-45)53-47(37-23-11-5-12-24-37)46(36-21-9-4-10-22-36)51(39-27-15-7-16-28-39)57(53)56(61-2,62-3)58(54)52(50)40-29-17-8-18-30-40/h4-35H,1-3H3/q+1. The van der Waals surface area contributed by atoms with Crippen molar-refractivity contribution in [2.75, 3.05) is 21.3 Å². The van der Waals surface area contributed by atoms with Gasteiger partial charge in [-0.3, -0.25) is 9.47 Å². The fourth-order valence-electron chi connectivity index (χ4n) is 9.70. The predicted octanol–water partition coefficient (Wildman–Crippen LogP) is 12.6. The Bertz CT molecular complexity index is 3330. The first kappa shape index (κ1) is 38.5. The number of allylic oxidation sites excluding steroid dienone is 1. The molecule has 2 aliphatic heterocycles. The van der Waals surface area contributed by atoms with Crippen LogP contribution in [0.25, 0.3) is 64.8 Å². The van der Waals surface area contributed by atoms with Gasteiger partial charge in [-0.25, -0.2) is 9.36 Å². The third-order valence-electron chi connectivity index (χ3n) is 12.2. The molecule has 0 fully saturated rings. The molecule has 6 nitrogen and oxygen atoms in total. The number of esters is 1. The van der Waals surface area contributed by atoms with Gasteiger partial charge in [-0.1, -0.05) is 164 Å². The van der Waals surface area contributed by atoms with Crippen LogP contribution in [-0.4, -0.2) is 42.2 Å². The average molecular weight is 838 g/mol. The largest absolute Gasteiger partial charge is 0.492 e. The van der Waals surface area contributed by atoms with E-state index in [0.717, 1.165) is 72.6 Å². The number of fused-ring (bicyclic) bond motifs is 5. The van der Waals surface area contributed by atoms with E-state index in [-0.39, 0.29) is 0 Å². The van der Waals surface area contributed by atoms with Gasteiger partial charge < -0.3 is 4.74 Å². The molecule has 0 saturated heterocycles. The van der Waals surface area contributed by atoms with E-state index >= 15 is 0 Å². The summed E-state index contributed by atoms with van der Waals surface area (Å²) < 4.78 is 26.5. The van der Waals surface area contributed by atoms with Crippen molar-refractivity contribution < 1.29 is 23.6 Å². The molecular weight excluding hydrogens is 797 g/mol. The second-order valence-electron chi connectivity index (χ2n) is 15.5. The summed E-state index contributed by atoms with van der Waals surface area (Å²) in [6.07, 6.45) is 0. The average Bonchev–Trinajstić information content (AvgIpc) is 4.03. The topological polar surface area (TPSA) is 52.7 Å². The van der Waals surface area contributed by atoms with E-state index < -0.39 is 12.0 Å². The molecule has 11 rings (SSSR count). The van der Waals surface area contributed by atoms with Crippen LogP contribution in [0, 0.1) is 0 Å². The number of carbonyl (C=O) groups excluding carboxylic acids is 1. The van der Waals surface area contributed by atoms with Gasteiger partial charge in [-0.2, -0.15) is 0 Å². The fourth-order valence-corrected chi connectivity index (χ4v) is 10.8. The summed E-state index contributed by atoms with van der Waals surface area (Å²) in [4.78, 5) is 14.8. The summed E-state index contributed by atoms with van der Waals surface area (Å²) in [6, 6.07) is 65.4. The van der Waals surface area contributed by atoms with Crippen molar-refractivity contribution in [1.82, 2.24) is 4.57 Å². The molecule has 0 amide bonds. The molecule has 4 heterocycles. The van der Waals surface area contributed by atoms with Crippen LogP contribution in [0.3, 0.4) is 0 Å². The molecule has 0 aliphatic carbocycles. The van der Waals surface area contributed by atoms with Gasteiger partial charge in [-0.05, 0) is 58.1 Å². The Balaban J connectivity index is 1.45. The Morgan fingerprint density at radius 1 is 0.492 bits per heavy atom. The summed E-state index contributed by atoms with van der Waals surface area (Å²) in [5.74, 6) is -0.476. The second-order valence-corrected chi connectivity index (χ2v) is 16.6. The molecule has 63 heavy (non-hydrogen) atoms. The fraction of sp³-hybridized carbons (Fsp3) is 0.0714. The van der Waals surface area contributed by atoms with Crippen molar-refractivity contribution in [1.29, 1.82) is 0 Å². The minimum atomic E-state index is -1.71. The molecule has 0 spiro atoms. The van der Waals surface area contributed by atoms with Crippen LogP contribution < -0.4 is 0 Å². The predicted molar refractivity (Wildman–Crippen MR) is 254 cm³/mol. The minimum absolute atomic E-state index is 0.402. The molecule has 0 N–H and O–H groups in total. The smallest absolute Gasteiger partial charge is 0.465 e. The number of nitrogens with zero attached hydrogens (tertiary/aromatic N) is 2. The Hall–Kier alpha value is -7.42. The Kier molecular flexibility index (Phi) is 9.46. The lowest BCUT2D eigenvalue weighted by Gasteiger charge is -2.36. The molecule has 0 saturated carbocycles. The van der Waals surface area contributed by atoms with Crippen LogP contribution in [0.4, 0.5) is 0 Å². The molecule has 2 aromatic heterocycles. The third-order valence-corrected chi connectivity index (χ3v) is 13.4. The van der Waals surface area contributed by atoms with E-state index in [4.69, 9.17) is 14.2 Å². The number of thiophene rings is 1. The minimum Gasteiger partial charge on any atom is -0.465 e. The first-order valence-corrected chi connectivity index (χ1v) is 21.7. The van der Waals surface area contributed by atoms with Crippen LogP contribution in [0.2, 0.25) is 0 Å². The molecule has 2 aliphatic rings. The Morgan fingerprint density at radius 2 is 0.984 bits per heavy atom. The summed E-state index contributed by atoms with van der Waals surface area (Å²) in [5.41, 5.74) is 12.8. The quantitative estimate of drug-likeness (QED) is 0.0825. The monoisotopic (exact) mass is 837 g/mol. The van der Waals surface area contributed by atoms with E-state index in [9.17, 15) is 4.79 Å². The number of carbonyl (C=O) groups is 1. The van der Waals surface area contributed by atoms with Crippen molar-refractivity contribution in [3.05, 3.63) is 228 Å². The second kappa shape index (κ2) is 15.5. The van der Waals surface area contributed by atoms with Crippen LogP contribution in [0.5, 0.6) is 0 Å². The van der Waals surface area contributed by atoms with E-state index in [1.807, 2.05) is 54.6 Å². The Labute approximate surface area is 369 Å². The number of ether oxygens (including phenoxy) is 3. The molecule has 0 bridgehead atoms. The highest BCUT2D eigenvalue weighted by Gasteiger charge is 2.63. The van der Waals surface area contributed by atoms with E-state index in [0.29, 0.717) is 16.9 Å². The van der Waals surface area contributed by atoms with Crippen LogP contribution >= 0.6 is 11.3 Å². The van der Waals surface area contributed by atoms with Crippen molar-refractivity contribution in [3.8, 4) is 33.5 Å². The number of hydrogen-bond donors (Lipinski definition) is 0. The molecule has 0 unspecified atom stereocenters. The number of methoxy groups -OCH3 is 3. The number of aromatic nitrogens is 1. The number of benzene rings is 7. The zero-order valence-corrected chi connectivity index (χ0v) is 35.7. The summed E-state index contributed by atoms with van der Waals surface area (Å²) in [5, 5.41) is 2.34. The van der Waals surface area contributed by atoms with Crippen molar-refractivity contribution >= 4 is 54.3 Å². The summed E-state index contributed by atoms with van der Waals surface area (Å²) in [7, 11) is 4.80. The van der Waals surface area contributed by atoms with E-state index in [1.54, 1.807) is 25.6 Å². The molecular formula is C56H41N2O4S+. The lowest BCUT2D eigenvalue weighted by Crippen LogP contribution is -2.52. The van der Waals surface area contributed by atoms with Gasteiger partial charge in [-0.15, -0.1) is 15.9 Å². The van der Waals surface area contributed by atoms with Gasteiger partial charge in [0.05, 0.1) is 29.6 Å². The zero-order chi connectivity index (χ0) is 42.7. The van der Waals surface area contributed by atoms with Crippen LogP contribution in [0.1, 0.15) is 22.4 Å². The molecule has 7 aromatic carbocycles. The van der Waals surface area contributed by atoms with E-state index in [2.05, 4.69) is 149 Å². The van der Waals surface area contributed by atoms with Gasteiger partial charge in [0.2, 0.25) is 11.4 Å². The van der Waals surface area contributed by atoms with Crippen molar-refractivity contribution in [2.45, 2.75) is 6.03 Å². The maximum absolute atomic E-state index is 14.8. The molecule has 7 heteroatoms. The molecule has 304 valence electrons. The molecule has 0 atom stereocenters. The summed E-state index contributed by atoms with van der Waals surface area (Å²) in [6.45, 7) is 0. The van der Waals surface area contributed by atoms with Gasteiger partial charge in [0, 0.05) is 51.1 Å². The van der Waals surface area contributed by atoms with Gasteiger partial charge in [0.15, 0.2) is 0 Å². The molecule has 9 aromatic rings. The summed E-state index contributed by atoms with van der Waals surface area (Å²) >= 11 is 1.79. The van der Waals surface area contributed by atoms with Crippen LogP contribution in [-0.2, 0) is 25.0 Å².